The van der Waals surface area contributed by atoms with E-state index < -0.39 is 7.60 Å². The zero-order valence-electron chi connectivity index (χ0n) is 12.8. The van der Waals surface area contributed by atoms with Gasteiger partial charge in [-0.15, -0.1) is 0 Å². The van der Waals surface area contributed by atoms with E-state index in [2.05, 4.69) is 6.58 Å². The summed E-state index contributed by atoms with van der Waals surface area (Å²) in [4.78, 5) is 29.6. The molecule has 0 saturated heterocycles. The van der Waals surface area contributed by atoms with Gasteiger partial charge in [-0.2, -0.15) is 0 Å². The van der Waals surface area contributed by atoms with Crippen molar-refractivity contribution in [1.82, 2.24) is 0 Å². The van der Waals surface area contributed by atoms with Crippen LogP contribution in [-0.2, 0) is 14.8 Å². The van der Waals surface area contributed by atoms with E-state index in [0.717, 1.165) is 16.7 Å². The van der Waals surface area contributed by atoms with Gasteiger partial charge < -0.3 is 9.79 Å². The van der Waals surface area contributed by atoms with Crippen molar-refractivity contribution in [3.05, 3.63) is 42.0 Å². The first-order chi connectivity index (χ1) is 9.51. The molecule has 1 aromatic rings. The molecule has 0 aliphatic heterocycles. The van der Waals surface area contributed by atoms with Crippen LogP contribution in [0.15, 0.2) is 30.8 Å². The fourth-order valence-electron chi connectivity index (χ4n) is 2.16. The SMILES string of the molecule is C=C(C)c1cccc(C(C)(C)CC(=O)CCP(=O)(O)O)c1. The molecule has 0 radical (unpaired) electrons. The lowest BCUT2D eigenvalue weighted by molar-refractivity contribution is -0.119. The monoisotopic (exact) mass is 310 g/mol. The van der Waals surface area contributed by atoms with Crippen molar-refractivity contribution in [2.24, 2.45) is 0 Å². The summed E-state index contributed by atoms with van der Waals surface area (Å²) < 4.78 is 10.8. The van der Waals surface area contributed by atoms with Crippen LogP contribution < -0.4 is 0 Å². The smallest absolute Gasteiger partial charge is 0.324 e. The van der Waals surface area contributed by atoms with E-state index in [1.165, 1.54) is 0 Å². The molecular formula is C16H23O4P. The fraction of sp³-hybridized carbons (Fsp3) is 0.438. The highest BCUT2D eigenvalue weighted by Gasteiger charge is 2.25. The Hall–Kier alpha value is -1.22. The standard InChI is InChI=1S/C16H23O4P/c1-12(2)13-6-5-7-14(10-13)16(3,4)11-15(17)8-9-21(18,19)20/h5-7,10H,1,8-9,11H2,2-4H3,(H2,18,19,20). The van der Waals surface area contributed by atoms with Crippen molar-refractivity contribution >= 4 is 19.0 Å². The molecule has 0 aliphatic carbocycles. The largest absolute Gasteiger partial charge is 0.326 e. The number of hydrogen-bond donors (Lipinski definition) is 2. The van der Waals surface area contributed by atoms with Crippen LogP contribution in [0, 0.1) is 0 Å². The molecule has 0 saturated carbocycles. The van der Waals surface area contributed by atoms with Crippen molar-refractivity contribution in [2.75, 3.05) is 6.16 Å². The number of rotatable bonds is 7. The zero-order chi connectivity index (χ0) is 16.3. The summed E-state index contributed by atoms with van der Waals surface area (Å²) in [6.45, 7) is 9.76. The molecule has 0 aliphatic rings. The second kappa shape index (κ2) is 6.69. The predicted molar refractivity (Wildman–Crippen MR) is 85.3 cm³/mol. The molecule has 0 aromatic heterocycles. The van der Waals surface area contributed by atoms with Gasteiger partial charge in [-0.25, -0.2) is 0 Å². The van der Waals surface area contributed by atoms with Gasteiger partial charge in [0.1, 0.15) is 5.78 Å². The maximum atomic E-state index is 11.9. The Morgan fingerprint density at radius 1 is 1.33 bits per heavy atom. The van der Waals surface area contributed by atoms with Gasteiger partial charge in [0.2, 0.25) is 0 Å². The van der Waals surface area contributed by atoms with Gasteiger partial charge >= 0.3 is 7.60 Å². The summed E-state index contributed by atoms with van der Waals surface area (Å²) >= 11 is 0. The quantitative estimate of drug-likeness (QED) is 0.756. The number of carbonyl (C=O) groups is 1. The van der Waals surface area contributed by atoms with E-state index in [1.807, 2.05) is 45.0 Å². The van der Waals surface area contributed by atoms with Crippen LogP contribution in [0.3, 0.4) is 0 Å². The zero-order valence-corrected chi connectivity index (χ0v) is 13.7. The van der Waals surface area contributed by atoms with E-state index >= 15 is 0 Å². The van der Waals surface area contributed by atoms with Crippen molar-refractivity contribution in [1.29, 1.82) is 0 Å². The first-order valence-corrected chi connectivity index (χ1v) is 8.64. The predicted octanol–water partition coefficient (Wildman–Crippen LogP) is 3.52. The van der Waals surface area contributed by atoms with E-state index in [-0.39, 0.29) is 30.2 Å². The molecule has 21 heavy (non-hydrogen) atoms. The number of allylic oxidation sites excluding steroid dienone is 1. The molecule has 2 N–H and O–H groups in total. The molecule has 0 heterocycles. The Morgan fingerprint density at radius 2 is 1.95 bits per heavy atom. The Kier molecular flexibility index (Phi) is 5.68. The molecular weight excluding hydrogens is 287 g/mol. The third kappa shape index (κ3) is 5.96. The first kappa shape index (κ1) is 17.8. The molecule has 0 atom stereocenters. The molecule has 0 bridgehead atoms. The summed E-state index contributed by atoms with van der Waals surface area (Å²) in [7, 11) is -4.11. The van der Waals surface area contributed by atoms with E-state index in [4.69, 9.17) is 9.79 Å². The van der Waals surface area contributed by atoms with Crippen molar-refractivity contribution in [2.45, 2.75) is 39.0 Å². The van der Waals surface area contributed by atoms with Crippen LogP contribution in [-0.4, -0.2) is 21.7 Å². The summed E-state index contributed by atoms with van der Waals surface area (Å²) in [5.41, 5.74) is 2.63. The van der Waals surface area contributed by atoms with Crippen LogP contribution in [0.4, 0.5) is 0 Å². The van der Waals surface area contributed by atoms with E-state index in [0.29, 0.717) is 0 Å². The summed E-state index contributed by atoms with van der Waals surface area (Å²) in [6, 6.07) is 7.88. The molecule has 0 fully saturated rings. The number of ketones is 1. The van der Waals surface area contributed by atoms with Crippen molar-refractivity contribution < 1.29 is 19.1 Å². The molecule has 0 unspecified atom stereocenters. The van der Waals surface area contributed by atoms with Crippen LogP contribution in [0.5, 0.6) is 0 Å². The maximum Gasteiger partial charge on any atom is 0.326 e. The second-order valence-corrected chi connectivity index (χ2v) is 7.88. The molecule has 5 heteroatoms. The topological polar surface area (TPSA) is 74.6 Å². The van der Waals surface area contributed by atoms with Gasteiger partial charge in [-0.05, 0) is 23.5 Å². The molecule has 4 nitrogen and oxygen atoms in total. The molecule has 1 aromatic carbocycles. The van der Waals surface area contributed by atoms with Gasteiger partial charge in [0.25, 0.3) is 0 Å². The van der Waals surface area contributed by atoms with Gasteiger partial charge in [0.05, 0.1) is 6.16 Å². The minimum Gasteiger partial charge on any atom is -0.324 e. The highest BCUT2D eigenvalue weighted by Crippen LogP contribution is 2.36. The first-order valence-electron chi connectivity index (χ1n) is 6.84. The van der Waals surface area contributed by atoms with E-state index in [1.54, 1.807) is 0 Å². The molecule has 0 spiro atoms. The second-order valence-electron chi connectivity index (χ2n) is 6.10. The lowest BCUT2D eigenvalue weighted by Gasteiger charge is -2.25. The molecule has 0 amide bonds. The summed E-state index contributed by atoms with van der Waals surface area (Å²) in [5.74, 6) is -0.135. The van der Waals surface area contributed by atoms with Gasteiger partial charge in [0.15, 0.2) is 0 Å². The number of Topliss-reactive ketones (excluding diaryl/α,β-unsaturated/α-hetero) is 1. The Balaban J connectivity index is 2.81. The van der Waals surface area contributed by atoms with Gasteiger partial charge in [0, 0.05) is 12.8 Å². The average Bonchev–Trinajstić information content (AvgIpc) is 2.35. The lowest BCUT2D eigenvalue weighted by Crippen LogP contribution is -2.22. The maximum absolute atomic E-state index is 11.9. The van der Waals surface area contributed by atoms with Crippen molar-refractivity contribution in [3.8, 4) is 0 Å². The Labute approximate surface area is 126 Å². The number of benzene rings is 1. The highest BCUT2D eigenvalue weighted by molar-refractivity contribution is 7.51. The molecule has 116 valence electrons. The summed E-state index contributed by atoms with van der Waals surface area (Å²) in [5, 5.41) is 0. The highest BCUT2D eigenvalue weighted by atomic mass is 31.2. The van der Waals surface area contributed by atoms with Crippen LogP contribution in [0.25, 0.3) is 5.57 Å². The van der Waals surface area contributed by atoms with E-state index in [9.17, 15) is 9.36 Å². The Morgan fingerprint density at radius 3 is 2.48 bits per heavy atom. The average molecular weight is 310 g/mol. The minimum absolute atomic E-state index is 0.0894. The Bertz CT molecular complexity index is 584. The normalized spacial score (nSPS) is 12.2. The number of carbonyl (C=O) groups excluding carboxylic acids is 1. The number of hydrogen-bond acceptors (Lipinski definition) is 2. The van der Waals surface area contributed by atoms with Crippen LogP contribution in [0.2, 0.25) is 0 Å². The van der Waals surface area contributed by atoms with Crippen LogP contribution >= 0.6 is 7.60 Å². The minimum atomic E-state index is -4.11. The van der Waals surface area contributed by atoms with Crippen LogP contribution in [0.1, 0.15) is 44.7 Å². The fourth-order valence-corrected chi connectivity index (χ4v) is 2.70. The van der Waals surface area contributed by atoms with Crippen molar-refractivity contribution in [3.63, 3.8) is 0 Å². The van der Waals surface area contributed by atoms with Gasteiger partial charge in [-0.1, -0.05) is 50.3 Å². The third-order valence-corrected chi connectivity index (χ3v) is 4.26. The lowest BCUT2D eigenvalue weighted by atomic mass is 9.79. The van der Waals surface area contributed by atoms with Gasteiger partial charge in [-0.3, -0.25) is 9.36 Å². The third-order valence-electron chi connectivity index (χ3n) is 3.46. The molecule has 1 rings (SSSR count). The summed E-state index contributed by atoms with van der Waals surface area (Å²) in [6.07, 6.45) is -0.214.